The number of phosphoric ester groups is 2. The molecule has 0 fully saturated rings. The molecule has 0 aromatic carbocycles. The molecular formula is C65H112O16P2. The highest BCUT2D eigenvalue weighted by Crippen LogP contribution is 2.45. The maximum Gasteiger partial charge on any atom is 0.472 e. The van der Waals surface area contributed by atoms with E-state index in [9.17, 15) is 43.5 Å². The Morgan fingerprint density at radius 1 is 0.349 bits per heavy atom. The number of unbranched alkanes of at least 4 members (excludes halogenated alkanes) is 20. The van der Waals surface area contributed by atoms with Gasteiger partial charge >= 0.3 is 33.6 Å². The molecule has 0 rings (SSSR count). The second-order valence-corrected chi connectivity index (χ2v) is 23.7. The topological polar surface area (TPSA) is 231 Å². The van der Waals surface area contributed by atoms with Crippen LogP contribution >= 0.6 is 15.6 Å². The first-order chi connectivity index (χ1) is 40.2. The van der Waals surface area contributed by atoms with Gasteiger partial charge in [0.2, 0.25) is 0 Å². The van der Waals surface area contributed by atoms with E-state index in [1.807, 2.05) is 0 Å². The Bertz CT molecular complexity index is 1910. The van der Waals surface area contributed by atoms with E-state index in [1.165, 1.54) is 0 Å². The summed E-state index contributed by atoms with van der Waals surface area (Å²) in [6.07, 6.45) is 61.8. The van der Waals surface area contributed by atoms with Gasteiger partial charge in [-0.15, -0.1) is 0 Å². The monoisotopic (exact) mass is 1210 g/mol. The van der Waals surface area contributed by atoms with Crippen LogP contribution < -0.4 is 0 Å². The molecule has 16 nitrogen and oxygen atoms in total. The molecule has 0 heterocycles. The van der Waals surface area contributed by atoms with Crippen LogP contribution in [0.4, 0.5) is 0 Å². The molecule has 0 saturated carbocycles. The average Bonchev–Trinajstić information content (AvgIpc) is 3.46. The molecular weight excluding hydrogens is 1100 g/mol. The van der Waals surface area contributed by atoms with Crippen LogP contribution in [-0.2, 0) is 55.8 Å². The summed E-state index contributed by atoms with van der Waals surface area (Å²) in [6, 6.07) is 0. The third-order valence-corrected chi connectivity index (χ3v) is 14.7. The summed E-state index contributed by atoms with van der Waals surface area (Å²) >= 11 is 0. The van der Waals surface area contributed by atoms with Crippen molar-refractivity contribution in [2.45, 2.75) is 257 Å². The SMILES string of the molecule is CC/C=C\C/C=C\C/C=C\CCCCCCCCCC(=O)OCC(O)COP(=O)(O)OCC(O)COP(=O)(O)OCC(COC(=O)CCCCCCCCC/C=C\C/C=C\C/C=C\CC)OC(=O)CCCCCCC/C=C\C/C=C\CCC. The zero-order valence-electron chi connectivity index (χ0n) is 51.3. The van der Waals surface area contributed by atoms with Gasteiger partial charge in [-0.25, -0.2) is 9.13 Å². The standard InChI is InChI=1S/C65H112O16P2/c1-4-7-10-13-16-19-22-25-27-29-31-34-36-39-42-45-48-51-63(68)75-54-60(66)55-77-82(71,72)78-56-61(67)57-79-83(73,74)80-59-62(81-65(70)53-50-47-44-41-38-33-24-21-18-15-12-9-6-3)58-76-64(69)52-49-46-43-40-37-35-32-30-28-26-23-20-17-14-11-8-5-2/h7-8,10-12,15-17,19-21,24-28,60-62,66-67H,4-6,9,13-14,18,22-23,29-59H2,1-3H3,(H,71,72)(H,73,74)/b10-7-,11-8-,15-12-,19-16-,20-17-,24-21-,27-25-,28-26-. The van der Waals surface area contributed by atoms with Gasteiger partial charge in [-0.2, -0.15) is 0 Å². The van der Waals surface area contributed by atoms with E-state index in [0.29, 0.717) is 19.3 Å². The molecule has 0 amide bonds. The van der Waals surface area contributed by atoms with Crippen molar-refractivity contribution in [3.05, 3.63) is 97.2 Å². The smallest absolute Gasteiger partial charge is 0.463 e. The van der Waals surface area contributed by atoms with Crippen molar-refractivity contribution >= 4 is 33.6 Å². The van der Waals surface area contributed by atoms with Gasteiger partial charge in [0, 0.05) is 19.3 Å². The molecule has 18 heteroatoms. The van der Waals surface area contributed by atoms with Gasteiger partial charge in [-0.3, -0.25) is 32.5 Å². The molecule has 478 valence electrons. The first-order valence-electron chi connectivity index (χ1n) is 31.5. The molecule has 0 aliphatic rings. The van der Waals surface area contributed by atoms with Crippen LogP contribution in [0.25, 0.3) is 0 Å². The number of hydrogen-bond acceptors (Lipinski definition) is 14. The maximum atomic E-state index is 12.9. The molecule has 0 spiro atoms. The number of esters is 3. The fourth-order valence-corrected chi connectivity index (χ4v) is 9.57. The quantitative estimate of drug-likeness (QED) is 0.0146. The van der Waals surface area contributed by atoms with E-state index in [0.717, 1.165) is 180 Å². The minimum atomic E-state index is -4.93. The number of phosphoric acid groups is 2. The first-order valence-corrected chi connectivity index (χ1v) is 34.5. The van der Waals surface area contributed by atoms with Crippen LogP contribution in [0.2, 0.25) is 0 Å². The Kier molecular flexibility index (Phi) is 56.3. The van der Waals surface area contributed by atoms with Crippen LogP contribution in [-0.4, -0.2) is 95.9 Å². The average molecular weight is 1210 g/mol. The van der Waals surface area contributed by atoms with Gasteiger partial charge in [-0.1, -0.05) is 208 Å². The lowest BCUT2D eigenvalue weighted by molar-refractivity contribution is -0.161. The Balaban J connectivity index is 4.69. The van der Waals surface area contributed by atoms with Crippen LogP contribution in [0.15, 0.2) is 97.2 Å². The fourth-order valence-electron chi connectivity index (χ4n) is 7.99. The Morgan fingerprint density at radius 3 is 1.01 bits per heavy atom. The normalized spacial score (nSPS) is 15.0. The summed E-state index contributed by atoms with van der Waals surface area (Å²) in [5, 5.41) is 20.5. The van der Waals surface area contributed by atoms with Crippen molar-refractivity contribution in [2.24, 2.45) is 0 Å². The van der Waals surface area contributed by atoms with Crippen LogP contribution in [0.5, 0.6) is 0 Å². The molecule has 0 aromatic heterocycles. The molecule has 0 bridgehead atoms. The first kappa shape index (κ1) is 79.5. The maximum absolute atomic E-state index is 12.9. The zero-order chi connectivity index (χ0) is 61.0. The summed E-state index contributed by atoms with van der Waals surface area (Å²) in [6.45, 7) is 2.32. The molecule has 4 N–H and O–H groups in total. The number of aliphatic hydroxyl groups is 2. The molecule has 0 aliphatic carbocycles. The molecule has 0 saturated heterocycles. The number of aliphatic hydroxyl groups excluding tert-OH is 2. The van der Waals surface area contributed by atoms with Crippen molar-refractivity contribution in [2.75, 3.05) is 39.6 Å². The van der Waals surface area contributed by atoms with Crippen molar-refractivity contribution in [3.63, 3.8) is 0 Å². The van der Waals surface area contributed by atoms with E-state index in [-0.39, 0.29) is 19.3 Å². The predicted octanol–water partition coefficient (Wildman–Crippen LogP) is 16.7. The molecule has 0 aliphatic heterocycles. The Hall–Kier alpha value is -3.53. The van der Waals surface area contributed by atoms with Crippen LogP contribution in [0.3, 0.4) is 0 Å². The van der Waals surface area contributed by atoms with E-state index < -0.39 is 91.5 Å². The van der Waals surface area contributed by atoms with Crippen molar-refractivity contribution in [1.82, 2.24) is 0 Å². The van der Waals surface area contributed by atoms with Crippen molar-refractivity contribution < 1.29 is 75.8 Å². The summed E-state index contributed by atoms with van der Waals surface area (Å²) < 4.78 is 60.7. The summed E-state index contributed by atoms with van der Waals surface area (Å²) in [5.41, 5.74) is 0. The minimum absolute atomic E-state index is 0.0845. The number of carbonyl (C=O) groups excluding carboxylic acids is 3. The summed E-state index contributed by atoms with van der Waals surface area (Å²) in [7, 11) is -9.77. The van der Waals surface area contributed by atoms with Gasteiger partial charge in [0.05, 0.1) is 26.4 Å². The molecule has 83 heavy (non-hydrogen) atoms. The minimum Gasteiger partial charge on any atom is -0.463 e. The fraction of sp³-hybridized carbons (Fsp3) is 0.708. The van der Waals surface area contributed by atoms with Gasteiger partial charge in [-0.05, 0) is 109 Å². The van der Waals surface area contributed by atoms with E-state index in [1.54, 1.807) is 0 Å². The van der Waals surface area contributed by atoms with Crippen LogP contribution in [0, 0.1) is 0 Å². The lowest BCUT2D eigenvalue weighted by atomic mass is 10.1. The molecule has 5 unspecified atom stereocenters. The molecule has 0 radical (unpaired) electrons. The van der Waals surface area contributed by atoms with Crippen molar-refractivity contribution in [1.29, 1.82) is 0 Å². The molecule has 5 atom stereocenters. The largest absolute Gasteiger partial charge is 0.472 e. The Morgan fingerprint density at radius 2 is 0.639 bits per heavy atom. The lowest BCUT2D eigenvalue weighted by Gasteiger charge is -2.21. The number of ether oxygens (including phenoxy) is 3. The highest BCUT2D eigenvalue weighted by atomic mass is 31.2. The number of allylic oxidation sites excluding steroid dienone is 16. The lowest BCUT2D eigenvalue weighted by Crippen LogP contribution is -2.30. The van der Waals surface area contributed by atoms with E-state index in [4.69, 9.17) is 32.3 Å². The van der Waals surface area contributed by atoms with Crippen molar-refractivity contribution in [3.8, 4) is 0 Å². The predicted molar refractivity (Wildman–Crippen MR) is 334 cm³/mol. The van der Waals surface area contributed by atoms with Gasteiger partial charge in [0.1, 0.15) is 25.4 Å². The Labute approximate surface area is 501 Å². The highest BCUT2D eigenvalue weighted by Gasteiger charge is 2.29. The third kappa shape index (κ3) is 60.0. The van der Waals surface area contributed by atoms with Gasteiger partial charge in [0.15, 0.2) is 6.10 Å². The van der Waals surface area contributed by atoms with Gasteiger partial charge in [0.25, 0.3) is 0 Å². The second-order valence-electron chi connectivity index (χ2n) is 20.8. The number of rotatable bonds is 59. The number of hydrogen-bond donors (Lipinski definition) is 4. The summed E-state index contributed by atoms with van der Waals surface area (Å²) in [4.78, 5) is 58.2. The third-order valence-electron chi connectivity index (χ3n) is 12.8. The van der Waals surface area contributed by atoms with Gasteiger partial charge < -0.3 is 34.2 Å². The van der Waals surface area contributed by atoms with Crippen LogP contribution in [0.1, 0.15) is 239 Å². The molecule has 0 aromatic rings. The number of carbonyl (C=O) groups is 3. The zero-order valence-corrected chi connectivity index (χ0v) is 53.1. The highest BCUT2D eigenvalue weighted by molar-refractivity contribution is 7.47. The second kappa shape index (κ2) is 58.8. The van der Waals surface area contributed by atoms with E-state index in [2.05, 4.69) is 118 Å². The summed E-state index contributed by atoms with van der Waals surface area (Å²) in [5.74, 6) is -1.61. The van der Waals surface area contributed by atoms with E-state index >= 15 is 0 Å².